The van der Waals surface area contributed by atoms with Crippen LogP contribution in [0.3, 0.4) is 0 Å². The lowest BCUT2D eigenvalue weighted by molar-refractivity contribution is 0.377. The monoisotopic (exact) mass is 205 g/mol. The maximum atomic E-state index is 4.20. The first-order valence-electron chi connectivity index (χ1n) is 5.85. The summed E-state index contributed by atoms with van der Waals surface area (Å²) in [5.74, 6) is 1.75. The SMILES string of the molecule is C[C@H](NCc1ncccn1)C1CCCC1. The van der Waals surface area contributed by atoms with Crippen molar-refractivity contribution in [2.45, 2.75) is 45.2 Å². The fraction of sp³-hybridized carbons (Fsp3) is 0.667. The zero-order valence-electron chi connectivity index (χ0n) is 9.32. The number of rotatable bonds is 4. The molecule has 2 rings (SSSR count). The van der Waals surface area contributed by atoms with Gasteiger partial charge < -0.3 is 5.32 Å². The lowest BCUT2D eigenvalue weighted by atomic mass is 10.00. The molecule has 1 aliphatic carbocycles. The van der Waals surface area contributed by atoms with E-state index in [1.165, 1.54) is 25.7 Å². The van der Waals surface area contributed by atoms with Crippen LogP contribution in [-0.4, -0.2) is 16.0 Å². The third kappa shape index (κ3) is 2.99. The van der Waals surface area contributed by atoms with E-state index in [2.05, 4.69) is 22.2 Å². The third-order valence-electron chi connectivity index (χ3n) is 3.31. The summed E-state index contributed by atoms with van der Waals surface area (Å²) in [5, 5.41) is 3.52. The summed E-state index contributed by atoms with van der Waals surface area (Å²) in [7, 11) is 0. The molecule has 1 fully saturated rings. The minimum Gasteiger partial charge on any atom is -0.307 e. The molecule has 1 heterocycles. The van der Waals surface area contributed by atoms with Crippen LogP contribution in [-0.2, 0) is 6.54 Å². The summed E-state index contributed by atoms with van der Waals surface area (Å²) in [6.45, 7) is 3.07. The van der Waals surface area contributed by atoms with E-state index in [9.17, 15) is 0 Å². The summed E-state index contributed by atoms with van der Waals surface area (Å²) < 4.78 is 0. The van der Waals surface area contributed by atoms with E-state index in [1.54, 1.807) is 12.4 Å². The largest absolute Gasteiger partial charge is 0.307 e. The van der Waals surface area contributed by atoms with Crippen LogP contribution in [0.15, 0.2) is 18.5 Å². The quantitative estimate of drug-likeness (QED) is 0.818. The third-order valence-corrected chi connectivity index (χ3v) is 3.31. The van der Waals surface area contributed by atoms with Gasteiger partial charge in [0.05, 0.1) is 6.54 Å². The average molecular weight is 205 g/mol. The maximum absolute atomic E-state index is 4.20. The summed E-state index contributed by atoms with van der Waals surface area (Å²) in [5.41, 5.74) is 0. The molecule has 0 aromatic carbocycles. The Bertz CT molecular complexity index is 280. The molecule has 3 nitrogen and oxygen atoms in total. The highest BCUT2D eigenvalue weighted by molar-refractivity contribution is 4.89. The van der Waals surface area contributed by atoms with Gasteiger partial charge in [0.1, 0.15) is 5.82 Å². The second-order valence-electron chi connectivity index (χ2n) is 4.38. The van der Waals surface area contributed by atoms with E-state index >= 15 is 0 Å². The van der Waals surface area contributed by atoms with E-state index < -0.39 is 0 Å². The molecule has 3 heteroatoms. The number of hydrogen-bond donors (Lipinski definition) is 1. The van der Waals surface area contributed by atoms with E-state index in [-0.39, 0.29) is 0 Å². The molecule has 1 aromatic heterocycles. The minimum atomic E-state index is 0.594. The first-order valence-corrected chi connectivity index (χ1v) is 5.85. The van der Waals surface area contributed by atoms with Crippen molar-refractivity contribution in [3.63, 3.8) is 0 Å². The average Bonchev–Trinajstić information content (AvgIpc) is 2.81. The number of nitrogens with zero attached hydrogens (tertiary/aromatic N) is 2. The van der Waals surface area contributed by atoms with Gasteiger partial charge in [0.25, 0.3) is 0 Å². The molecule has 0 unspecified atom stereocenters. The highest BCUT2D eigenvalue weighted by atomic mass is 15.0. The molecule has 0 radical (unpaired) electrons. The zero-order chi connectivity index (χ0) is 10.5. The van der Waals surface area contributed by atoms with Gasteiger partial charge in [0, 0.05) is 18.4 Å². The lowest BCUT2D eigenvalue weighted by Crippen LogP contribution is -2.32. The van der Waals surface area contributed by atoms with E-state index in [1.807, 2.05) is 6.07 Å². The predicted molar refractivity (Wildman–Crippen MR) is 60.3 cm³/mol. The molecule has 0 bridgehead atoms. The van der Waals surface area contributed by atoms with Crippen molar-refractivity contribution < 1.29 is 0 Å². The van der Waals surface area contributed by atoms with Gasteiger partial charge in [-0.2, -0.15) is 0 Å². The molecule has 1 atom stereocenters. The Morgan fingerprint density at radius 1 is 1.33 bits per heavy atom. The van der Waals surface area contributed by atoms with Gasteiger partial charge in [0.2, 0.25) is 0 Å². The topological polar surface area (TPSA) is 37.8 Å². The standard InChI is InChI=1S/C12H19N3/c1-10(11-5-2-3-6-11)15-9-12-13-7-4-8-14-12/h4,7-8,10-11,15H,2-3,5-6,9H2,1H3/t10-/m0/s1. The van der Waals surface area contributed by atoms with Gasteiger partial charge in [-0.05, 0) is 31.7 Å². The van der Waals surface area contributed by atoms with Crippen molar-refractivity contribution >= 4 is 0 Å². The molecule has 1 aromatic rings. The second-order valence-corrected chi connectivity index (χ2v) is 4.38. The molecule has 15 heavy (non-hydrogen) atoms. The molecule has 0 saturated heterocycles. The summed E-state index contributed by atoms with van der Waals surface area (Å²) in [4.78, 5) is 8.41. The molecular formula is C12H19N3. The van der Waals surface area contributed by atoms with Gasteiger partial charge in [-0.1, -0.05) is 12.8 Å². The van der Waals surface area contributed by atoms with Gasteiger partial charge in [-0.25, -0.2) is 9.97 Å². The first kappa shape index (κ1) is 10.6. The number of aromatic nitrogens is 2. The Kier molecular flexibility index (Phi) is 3.67. The van der Waals surface area contributed by atoms with Crippen molar-refractivity contribution in [3.8, 4) is 0 Å². The van der Waals surface area contributed by atoms with Crippen molar-refractivity contribution in [2.75, 3.05) is 0 Å². The van der Waals surface area contributed by atoms with Gasteiger partial charge in [-0.3, -0.25) is 0 Å². The fourth-order valence-electron chi connectivity index (χ4n) is 2.30. The molecule has 0 amide bonds. The normalized spacial score (nSPS) is 19.3. The Hall–Kier alpha value is -0.960. The molecule has 0 spiro atoms. The van der Waals surface area contributed by atoms with Crippen LogP contribution >= 0.6 is 0 Å². The van der Waals surface area contributed by atoms with E-state index in [0.29, 0.717) is 6.04 Å². The smallest absolute Gasteiger partial charge is 0.141 e. The molecule has 1 aliphatic rings. The van der Waals surface area contributed by atoms with Gasteiger partial charge >= 0.3 is 0 Å². The van der Waals surface area contributed by atoms with Gasteiger partial charge in [0.15, 0.2) is 0 Å². The molecule has 1 N–H and O–H groups in total. The molecular weight excluding hydrogens is 186 g/mol. The predicted octanol–water partition coefficient (Wildman–Crippen LogP) is 2.14. The lowest BCUT2D eigenvalue weighted by Gasteiger charge is -2.19. The Morgan fingerprint density at radius 2 is 2.00 bits per heavy atom. The second kappa shape index (κ2) is 5.21. The first-order chi connectivity index (χ1) is 7.36. The van der Waals surface area contributed by atoms with Crippen LogP contribution in [0.2, 0.25) is 0 Å². The van der Waals surface area contributed by atoms with Crippen LogP contribution in [0, 0.1) is 5.92 Å². The number of nitrogens with one attached hydrogen (secondary N) is 1. The van der Waals surface area contributed by atoms with E-state index in [0.717, 1.165) is 18.3 Å². The Labute approximate surface area is 91.3 Å². The van der Waals surface area contributed by atoms with Crippen LogP contribution < -0.4 is 5.32 Å². The minimum absolute atomic E-state index is 0.594. The molecule has 0 aliphatic heterocycles. The van der Waals surface area contributed by atoms with Gasteiger partial charge in [-0.15, -0.1) is 0 Å². The van der Waals surface area contributed by atoms with Crippen LogP contribution in [0.5, 0.6) is 0 Å². The van der Waals surface area contributed by atoms with Crippen molar-refractivity contribution in [1.29, 1.82) is 0 Å². The Morgan fingerprint density at radius 3 is 2.67 bits per heavy atom. The van der Waals surface area contributed by atoms with Crippen molar-refractivity contribution in [3.05, 3.63) is 24.3 Å². The van der Waals surface area contributed by atoms with E-state index in [4.69, 9.17) is 0 Å². The summed E-state index contributed by atoms with van der Waals surface area (Å²) in [6, 6.07) is 2.44. The van der Waals surface area contributed by atoms with Crippen molar-refractivity contribution in [1.82, 2.24) is 15.3 Å². The Balaban J connectivity index is 1.77. The zero-order valence-corrected chi connectivity index (χ0v) is 9.32. The molecule has 82 valence electrons. The molecule has 1 saturated carbocycles. The summed E-state index contributed by atoms with van der Waals surface area (Å²) in [6.07, 6.45) is 9.15. The summed E-state index contributed by atoms with van der Waals surface area (Å²) >= 11 is 0. The van der Waals surface area contributed by atoms with Crippen LogP contribution in [0.4, 0.5) is 0 Å². The fourth-order valence-corrected chi connectivity index (χ4v) is 2.30. The maximum Gasteiger partial charge on any atom is 0.141 e. The van der Waals surface area contributed by atoms with Crippen LogP contribution in [0.25, 0.3) is 0 Å². The van der Waals surface area contributed by atoms with Crippen molar-refractivity contribution in [2.24, 2.45) is 5.92 Å². The number of hydrogen-bond acceptors (Lipinski definition) is 3. The highest BCUT2D eigenvalue weighted by Crippen LogP contribution is 2.27. The highest BCUT2D eigenvalue weighted by Gasteiger charge is 2.20. The van der Waals surface area contributed by atoms with Crippen LogP contribution in [0.1, 0.15) is 38.4 Å².